The predicted molar refractivity (Wildman–Crippen MR) is 141 cm³/mol. The Kier molecular flexibility index (Phi) is 7.43. The maximum absolute atomic E-state index is 13.9. The average Bonchev–Trinajstić information content (AvgIpc) is 3.45. The molecule has 0 spiro atoms. The van der Waals surface area contributed by atoms with Crippen molar-refractivity contribution in [3.63, 3.8) is 0 Å². The van der Waals surface area contributed by atoms with Crippen LogP contribution < -0.4 is 14.4 Å². The first-order valence-corrected chi connectivity index (χ1v) is 13.9. The maximum atomic E-state index is 13.9. The molecule has 3 heterocycles. The molecule has 1 fully saturated rings. The third-order valence-electron chi connectivity index (χ3n) is 7.38. The molecule has 38 heavy (non-hydrogen) atoms. The highest BCUT2D eigenvalue weighted by Crippen LogP contribution is 2.50. The van der Waals surface area contributed by atoms with Gasteiger partial charge in [0.05, 0.1) is 44.1 Å². The molecular formula is C28H32N2O7S. The number of ether oxygens (including phenoxy) is 4. The van der Waals surface area contributed by atoms with Crippen LogP contribution in [0, 0.1) is 12.8 Å². The molecule has 202 valence electrons. The number of hydrogen-bond donors (Lipinski definition) is 0. The number of carbonyl (C=O) groups excluding carboxylic acids is 3. The van der Waals surface area contributed by atoms with Gasteiger partial charge in [0.25, 0.3) is 5.91 Å². The molecule has 0 radical (unpaired) electrons. The maximum Gasteiger partial charge on any atom is 0.350 e. The van der Waals surface area contributed by atoms with Crippen molar-refractivity contribution >= 4 is 34.1 Å². The highest BCUT2D eigenvalue weighted by Gasteiger charge is 2.53. The number of Topliss-reactive ketones (excluding diaryl/α,β-unsaturated/α-hetero) is 1. The predicted octanol–water partition coefficient (Wildman–Crippen LogP) is 4.93. The van der Waals surface area contributed by atoms with Crippen LogP contribution in [0.25, 0.3) is 0 Å². The Morgan fingerprint density at radius 2 is 1.97 bits per heavy atom. The molecule has 1 amide bonds. The monoisotopic (exact) mass is 540 g/mol. The summed E-state index contributed by atoms with van der Waals surface area (Å²) >= 11 is 1.06. The van der Waals surface area contributed by atoms with Gasteiger partial charge in [0.2, 0.25) is 0 Å². The summed E-state index contributed by atoms with van der Waals surface area (Å²) in [5.41, 5.74) is 1.46. The smallest absolute Gasteiger partial charge is 0.350 e. The number of methoxy groups -OCH3 is 2. The van der Waals surface area contributed by atoms with Gasteiger partial charge in [-0.3, -0.25) is 14.5 Å². The minimum Gasteiger partial charge on any atom is -0.493 e. The molecule has 3 atom stereocenters. The van der Waals surface area contributed by atoms with E-state index in [-0.39, 0.29) is 23.6 Å². The van der Waals surface area contributed by atoms with Crippen LogP contribution >= 0.6 is 11.3 Å². The second-order valence-electron chi connectivity index (χ2n) is 9.75. The van der Waals surface area contributed by atoms with Crippen LogP contribution in [0.3, 0.4) is 0 Å². The number of nitrogens with zero attached hydrogens (tertiary/aromatic N) is 2. The van der Waals surface area contributed by atoms with E-state index in [2.05, 4.69) is 11.9 Å². The van der Waals surface area contributed by atoms with E-state index in [0.29, 0.717) is 44.9 Å². The van der Waals surface area contributed by atoms with Crippen LogP contribution in [0.1, 0.15) is 72.4 Å². The molecule has 0 bridgehead atoms. The number of carbonyl (C=O) groups is 3. The standard InChI is InChI=1S/C28H32N2O7S/c1-5-6-13-36-19-12-11-16(14-20(19)34-3)22-21-23(31)17-9-7-8-10-18(17)37-24(21)26(32)30(22)28-29-15(2)25(38-28)27(33)35-4/h11-12,14,17-18,22H,5-10,13H2,1-4H3. The molecule has 2 aliphatic heterocycles. The first-order chi connectivity index (χ1) is 18.4. The number of rotatable bonds is 8. The summed E-state index contributed by atoms with van der Waals surface area (Å²) in [6, 6.07) is 4.66. The zero-order chi connectivity index (χ0) is 27.0. The van der Waals surface area contributed by atoms with E-state index >= 15 is 0 Å². The molecule has 1 aliphatic carbocycles. The van der Waals surface area contributed by atoms with Crippen molar-refractivity contribution in [1.29, 1.82) is 0 Å². The van der Waals surface area contributed by atoms with E-state index in [1.54, 1.807) is 26.2 Å². The molecule has 3 aliphatic rings. The topological polar surface area (TPSA) is 104 Å². The summed E-state index contributed by atoms with van der Waals surface area (Å²) in [4.78, 5) is 46.4. The first-order valence-electron chi connectivity index (χ1n) is 13.0. The summed E-state index contributed by atoms with van der Waals surface area (Å²) in [7, 11) is 2.86. The third kappa shape index (κ3) is 4.44. The number of benzene rings is 1. The highest BCUT2D eigenvalue weighted by molar-refractivity contribution is 7.17. The number of anilines is 1. The molecule has 1 aromatic heterocycles. The summed E-state index contributed by atoms with van der Waals surface area (Å²) in [5.74, 6) is -0.120. The Labute approximate surface area is 225 Å². The number of unbranched alkanes of at least 4 members (excludes halogenated alkanes) is 1. The van der Waals surface area contributed by atoms with Crippen molar-refractivity contribution in [3.8, 4) is 11.5 Å². The van der Waals surface area contributed by atoms with Crippen molar-refractivity contribution < 1.29 is 33.3 Å². The Hall–Kier alpha value is -3.40. The summed E-state index contributed by atoms with van der Waals surface area (Å²) in [6.07, 6.45) is 5.00. The second-order valence-corrected chi connectivity index (χ2v) is 10.7. The van der Waals surface area contributed by atoms with E-state index < -0.39 is 17.9 Å². The van der Waals surface area contributed by atoms with Gasteiger partial charge >= 0.3 is 5.97 Å². The van der Waals surface area contributed by atoms with Crippen molar-refractivity contribution in [2.75, 3.05) is 25.7 Å². The van der Waals surface area contributed by atoms with Crippen LogP contribution in [0.5, 0.6) is 11.5 Å². The molecule has 0 saturated heterocycles. The first kappa shape index (κ1) is 26.2. The van der Waals surface area contributed by atoms with Crippen LogP contribution in [-0.2, 0) is 19.1 Å². The number of aryl methyl sites for hydroxylation is 1. The van der Waals surface area contributed by atoms with Gasteiger partial charge in [-0.25, -0.2) is 9.78 Å². The van der Waals surface area contributed by atoms with Crippen LogP contribution in [0.4, 0.5) is 5.13 Å². The molecule has 5 rings (SSSR count). The number of amides is 1. The molecule has 9 nitrogen and oxygen atoms in total. The van der Waals surface area contributed by atoms with Gasteiger partial charge in [-0.05, 0) is 50.3 Å². The quantitative estimate of drug-likeness (QED) is 0.343. The fraction of sp³-hybridized carbons (Fsp3) is 0.500. The van der Waals surface area contributed by atoms with Crippen LogP contribution in [0.15, 0.2) is 29.5 Å². The lowest BCUT2D eigenvalue weighted by atomic mass is 9.77. The largest absolute Gasteiger partial charge is 0.493 e. The number of aromatic nitrogens is 1. The van der Waals surface area contributed by atoms with Gasteiger partial charge in [0.15, 0.2) is 28.2 Å². The minimum absolute atomic E-state index is 0.0551. The summed E-state index contributed by atoms with van der Waals surface area (Å²) in [6.45, 7) is 4.34. The van der Waals surface area contributed by atoms with Gasteiger partial charge in [-0.15, -0.1) is 0 Å². The van der Waals surface area contributed by atoms with Crippen LogP contribution in [-0.4, -0.2) is 49.6 Å². The Morgan fingerprint density at radius 1 is 1.18 bits per heavy atom. The zero-order valence-electron chi connectivity index (χ0n) is 22.1. The summed E-state index contributed by atoms with van der Waals surface area (Å²) < 4.78 is 22.7. The van der Waals surface area contributed by atoms with Gasteiger partial charge in [0.1, 0.15) is 11.0 Å². The lowest BCUT2D eigenvalue weighted by Gasteiger charge is -2.35. The molecule has 10 heteroatoms. The Morgan fingerprint density at radius 3 is 2.71 bits per heavy atom. The van der Waals surface area contributed by atoms with Crippen molar-refractivity contribution in [2.45, 2.75) is 64.5 Å². The zero-order valence-corrected chi connectivity index (χ0v) is 22.9. The van der Waals surface area contributed by atoms with Crippen molar-refractivity contribution in [3.05, 3.63) is 45.7 Å². The van der Waals surface area contributed by atoms with E-state index in [1.807, 2.05) is 6.07 Å². The fourth-order valence-corrected chi connectivity index (χ4v) is 6.44. The van der Waals surface area contributed by atoms with Crippen LogP contribution in [0.2, 0.25) is 0 Å². The number of esters is 1. The molecular weight excluding hydrogens is 508 g/mol. The molecule has 0 N–H and O–H groups in total. The molecule has 1 aromatic carbocycles. The van der Waals surface area contributed by atoms with Crippen molar-refractivity contribution in [2.24, 2.45) is 5.92 Å². The third-order valence-corrected chi connectivity index (χ3v) is 8.52. The van der Waals surface area contributed by atoms with E-state index in [4.69, 9.17) is 18.9 Å². The normalized spacial score (nSPS) is 22.6. The van der Waals surface area contributed by atoms with E-state index in [0.717, 1.165) is 49.9 Å². The Bertz CT molecular complexity index is 1300. The summed E-state index contributed by atoms with van der Waals surface area (Å²) in [5, 5.41) is 0.300. The van der Waals surface area contributed by atoms with E-state index in [1.165, 1.54) is 12.0 Å². The highest BCUT2D eigenvalue weighted by atomic mass is 32.1. The Balaban J connectivity index is 1.61. The lowest BCUT2D eigenvalue weighted by Crippen LogP contribution is -2.39. The number of fused-ring (bicyclic) bond motifs is 1. The molecule has 3 unspecified atom stereocenters. The minimum atomic E-state index is -0.775. The van der Waals surface area contributed by atoms with Gasteiger partial charge < -0.3 is 18.9 Å². The lowest BCUT2D eigenvalue weighted by molar-refractivity contribution is -0.131. The average molecular weight is 541 g/mol. The number of thiazole rings is 1. The van der Waals surface area contributed by atoms with Crippen molar-refractivity contribution in [1.82, 2.24) is 4.98 Å². The molecule has 2 aromatic rings. The second kappa shape index (κ2) is 10.8. The SMILES string of the molecule is CCCCOc1ccc(C2C3=C(OC4CCCCC4C3=O)C(=O)N2c2nc(C)c(C(=O)OC)s2)cc1OC. The van der Waals surface area contributed by atoms with E-state index in [9.17, 15) is 14.4 Å². The van der Waals surface area contributed by atoms with Gasteiger partial charge in [-0.2, -0.15) is 0 Å². The number of ketones is 1. The fourth-order valence-electron chi connectivity index (χ4n) is 5.42. The number of hydrogen-bond acceptors (Lipinski definition) is 9. The molecule has 1 saturated carbocycles. The van der Waals surface area contributed by atoms with Gasteiger partial charge in [0, 0.05) is 0 Å². The van der Waals surface area contributed by atoms with Gasteiger partial charge in [-0.1, -0.05) is 37.2 Å².